The van der Waals surface area contributed by atoms with Crippen LogP contribution in [0.4, 0.5) is 5.69 Å². The number of carboxylic acids is 1. The molecule has 9 heteroatoms. The van der Waals surface area contributed by atoms with Crippen molar-refractivity contribution >= 4 is 38.6 Å². The number of carboxylic acid groups (broad SMARTS) is 1. The van der Waals surface area contributed by atoms with Crippen molar-refractivity contribution in [1.82, 2.24) is 0 Å². The lowest BCUT2D eigenvalue weighted by Gasteiger charge is -2.09. The topological polar surface area (TPSA) is 123 Å². The third-order valence-electron chi connectivity index (χ3n) is 5.44. The lowest BCUT2D eigenvalue weighted by atomic mass is 10.1. The van der Waals surface area contributed by atoms with E-state index in [1.54, 1.807) is 13.0 Å². The number of hydrogen-bond acceptors (Lipinski definition) is 6. The van der Waals surface area contributed by atoms with Crippen LogP contribution in [0.15, 0.2) is 51.8 Å². The highest BCUT2D eigenvalue weighted by atomic mass is 32.2. The summed E-state index contributed by atoms with van der Waals surface area (Å²) in [5.74, 6) is -1.35. The molecule has 0 bridgehead atoms. The maximum absolute atomic E-state index is 12.8. The average Bonchev–Trinajstić information content (AvgIpc) is 3.13. The molecule has 1 heterocycles. The van der Waals surface area contributed by atoms with Gasteiger partial charge < -0.3 is 14.3 Å². The number of esters is 1. The number of hydrogen-bond donors (Lipinski definition) is 2. The summed E-state index contributed by atoms with van der Waals surface area (Å²) in [7, 11) is -4.05. The quantitative estimate of drug-likeness (QED) is 0.246. The largest absolute Gasteiger partial charge is 0.478 e. The number of carbonyl (C=O) groups excluding carboxylic acids is 1. The molecule has 0 aliphatic carbocycles. The summed E-state index contributed by atoms with van der Waals surface area (Å²) in [6.45, 7) is 4.12. The molecule has 0 saturated heterocycles. The van der Waals surface area contributed by atoms with Crippen LogP contribution in [0.2, 0.25) is 0 Å². The molecule has 0 spiro atoms. The molecule has 0 amide bonds. The van der Waals surface area contributed by atoms with Gasteiger partial charge in [-0.15, -0.1) is 0 Å². The van der Waals surface area contributed by atoms with E-state index in [4.69, 9.17) is 14.3 Å². The number of benzene rings is 2. The van der Waals surface area contributed by atoms with E-state index in [1.165, 1.54) is 49.6 Å². The zero-order valence-corrected chi connectivity index (χ0v) is 20.1. The maximum atomic E-state index is 12.8. The highest BCUT2D eigenvalue weighted by Gasteiger charge is 2.22. The zero-order chi connectivity index (χ0) is 24.7. The number of aromatic carboxylic acids is 1. The molecule has 3 rings (SSSR count). The van der Waals surface area contributed by atoms with Crippen LogP contribution in [0.3, 0.4) is 0 Å². The van der Waals surface area contributed by atoms with Crippen molar-refractivity contribution in [1.29, 1.82) is 0 Å². The third-order valence-corrected chi connectivity index (χ3v) is 6.82. The van der Waals surface area contributed by atoms with E-state index in [0.29, 0.717) is 23.3 Å². The number of nitrogens with one attached hydrogen (secondary N) is 1. The first-order valence-electron chi connectivity index (χ1n) is 11.3. The summed E-state index contributed by atoms with van der Waals surface area (Å²) in [5.41, 5.74) is 0.757. The van der Waals surface area contributed by atoms with Crippen molar-refractivity contribution < 1.29 is 32.3 Å². The fourth-order valence-corrected chi connectivity index (χ4v) is 4.76. The van der Waals surface area contributed by atoms with Crippen LogP contribution in [0, 0.1) is 6.92 Å². The molecule has 0 aliphatic rings. The van der Waals surface area contributed by atoms with E-state index in [0.717, 1.165) is 25.3 Å². The Morgan fingerprint density at radius 1 is 1.03 bits per heavy atom. The van der Waals surface area contributed by atoms with Gasteiger partial charge in [0.05, 0.1) is 17.1 Å². The number of sulfonamides is 1. The van der Waals surface area contributed by atoms with Crippen molar-refractivity contribution in [3.63, 3.8) is 0 Å². The van der Waals surface area contributed by atoms with Gasteiger partial charge in [-0.05, 0) is 49.7 Å². The Morgan fingerprint density at radius 2 is 1.76 bits per heavy atom. The molecular formula is C25H29NO7S. The number of unbranched alkanes of at least 4 members (excludes halogenated alkanes) is 5. The van der Waals surface area contributed by atoms with Crippen LogP contribution >= 0.6 is 0 Å². The van der Waals surface area contributed by atoms with Crippen LogP contribution in [0.5, 0.6) is 0 Å². The van der Waals surface area contributed by atoms with Crippen molar-refractivity contribution in [3.05, 3.63) is 59.4 Å². The Bertz CT molecular complexity index is 1280. The third kappa shape index (κ3) is 6.17. The van der Waals surface area contributed by atoms with E-state index in [-0.39, 0.29) is 21.7 Å². The molecule has 34 heavy (non-hydrogen) atoms. The van der Waals surface area contributed by atoms with Crippen molar-refractivity contribution in [2.75, 3.05) is 11.3 Å². The SMILES string of the molecule is CCCCCCCCOC(=O)c1c(C)oc2ccc(NS(=O)(=O)c3cccc(C(=O)O)c3)cc12. The minimum Gasteiger partial charge on any atom is -0.478 e. The van der Waals surface area contributed by atoms with Gasteiger partial charge in [0.1, 0.15) is 16.9 Å². The molecule has 0 unspecified atom stereocenters. The molecule has 0 saturated carbocycles. The van der Waals surface area contributed by atoms with Crippen LogP contribution in [-0.2, 0) is 14.8 Å². The first-order chi connectivity index (χ1) is 16.2. The Balaban J connectivity index is 1.75. The number of anilines is 1. The van der Waals surface area contributed by atoms with Gasteiger partial charge in [0.25, 0.3) is 10.0 Å². The molecule has 182 valence electrons. The van der Waals surface area contributed by atoms with E-state index in [9.17, 15) is 18.0 Å². The normalized spacial score (nSPS) is 11.5. The summed E-state index contributed by atoms with van der Waals surface area (Å²) >= 11 is 0. The molecular weight excluding hydrogens is 458 g/mol. The molecule has 3 aromatic rings. The van der Waals surface area contributed by atoms with Gasteiger partial charge in [-0.3, -0.25) is 4.72 Å². The summed E-state index contributed by atoms with van der Waals surface area (Å²) in [4.78, 5) is 23.7. The van der Waals surface area contributed by atoms with E-state index >= 15 is 0 Å². The fourth-order valence-electron chi connectivity index (χ4n) is 3.67. The van der Waals surface area contributed by atoms with Crippen LogP contribution in [0.25, 0.3) is 11.0 Å². The predicted octanol–water partition coefficient (Wildman–Crippen LogP) is 5.76. The number of carbonyl (C=O) groups is 2. The minimum atomic E-state index is -4.05. The van der Waals surface area contributed by atoms with Gasteiger partial charge in [0.15, 0.2) is 0 Å². The number of rotatable bonds is 12. The smallest absolute Gasteiger partial charge is 0.342 e. The van der Waals surface area contributed by atoms with E-state index in [2.05, 4.69) is 11.6 Å². The summed E-state index contributed by atoms with van der Waals surface area (Å²) < 4.78 is 39.1. The van der Waals surface area contributed by atoms with Crippen molar-refractivity contribution in [2.24, 2.45) is 0 Å². The number of furan rings is 1. The van der Waals surface area contributed by atoms with Gasteiger partial charge in [-0.25, -0.2) is 18.0 Å². The second-order valence-electron chi connectivity index (χ2n) is 8.09. The fraction of sp³-hybridized carbons (Fsp3) is 0.360. The minimum absolute atomic E-state index is 0.140. The highest BCUT2D eigenvalue weighted by Crippen LogP contribution is 2.30. The van der Waals surface area contributed by atoms with Gasteiger partial charge >= 0.3 is 11.9 Å². The summed E-state index contributed by atoms with van der Waals surface area (Å²) in [6, 6.07) is 9.64. The van der Waals surface area contributed by atoms with Crippen molar-refractivity contribution in [2.45, 2.75) is 57.3 Å². The van der Waals surface area contributed by atoms with Gasteiger partial charge in [-0.2, -0.15) is 0 Å². The van der Waals surface area contributed by atoms with Gasteiger partial charge in [-0.1, -0.05) is 45.1 Å². The Labute approximate surface area is 199 Å². The zero-order valence-electron chi connectivity index (χ0n) is 19.3. The molecule has 0 aliphatic heterocycles. The molecule has 2 N–H and O–H groups in total. The van der Waals surface area contributed by atoms with Crippen LogP contribution in [0.1, 0.15) is 71.9 Å². The Morgan fingerprint density at radius 3 is 2.50 bits per heavy atom. The van der Waals surface area contributed by atoms with E-state index in [1.807, 2.05) is 0 Å². The number of ether oxygens (including phenoxy) is 1. The second-order valence-corrected chi connectivity index (χ2v) is 9.77. The van der Waals surface area contributed by atoms with Gasteiger partial charge in [0.2, 0.25) is 0 Å². The van der Waals surface area contributed by atoms with E-state index < -0.39 is 22.0 Å². The first-order valence-corrected chi connectivity index (χ1v) is 12.8. The maximum Gasteiger partial charge on any atom is 0.342 e. The van der Waals surface area contributed by atoms with Crippen LogP contribution in [-0.4, -0.2) is 32.1 Å². The first kappa shape index (κ1) is 25.3. The monoisotopic (exact) mass is 487 g/mol. The van der Waals surface area contributed by atoms with Crippen molar-refractivity contribution in [3.8, 4) is 0 Å². The lowest BCUT2D eigenvalue weighted by molar-refractivity contribution is 0.0497. The number of aryl methyl sites for hydroxylation is 1. The second kappa shape index (κ2) is 11.2. The molecule has 0 fully saturated rings. The van der Waals surface area contributed by atoms with Gasteiger partial charge in [0, 0.05) is 11.1 Å². The Hall–Kier alpha value is -3.33. The summed E-state index contributed by atoms with van der Waals surface area (Å²) in [5, 5.41) is 9.56. The standard InChI is InChI=1S/C25H29NO7S/c1-3-4-5-6-7-8-14-32-25(29)23-17(2)33-22-13-12-19(16-21(22)23)26-34(30,31)20-11-9-10-18(15-20)24(27)28/h9-13,15-16,26H,3-8,14H2,1-2H3,(H,27,28). The molecule has 1 aromatic heterocycles. The molecule has 8 nitrogen and oxygen atoms in total. The molecule has 0 atom stereocenters. The molecule has 0 radical (unpaired) electrons. The summed E-state index contributed by atoms with van der Waals surface area (Å²) in [6.07, 6.45) is 6.44. The number of fused-ring (bicyclic) bond motifs is 1. The Kier molecular flexibility index (Phi) is 8.33. The highest BCUT2D eigenvalue weighted by molar-refractivity contribution is 7.92. The van der Waals surface area contributed by atoms with Crippen LogP contribution < -0.4 is 4.72 Å². The molecule has 2 aromatic carbocycles. The lowest BCUT2D eigenvalue weighted by Crippen LogP contribution is -2.13. The predicted molar refractivity (Wildman–Crippen MR) is 129 cm³/mol. The average molecular weight is 488 g/mol.